The Bertz CT molecular complexity index is 502. The van der Waals surface area contributed by atoms with Gasteiger partial charge in [0.25, 0.3) is 0 Å². The quantitative estimate of drug-likeness (QED) is 0.250. The normalized spacial score (nSPS) is 9.95. The van der Waals surface area contributed by atoms with Gasteiger partial charge in [-0.1, -0.05) is 0 Å². The molecule has 0 aliphatic rings. The van der Waals surface area contributed by atoms with Crippen LogP contribution in [-0.2, 0) is 10.4 Å². The van der Waals surface area contributed by atoms with Gasteiger partial charge in [-0.2, -0.15) is 8.42 Å². The van der Waals surface area contributed by atoms with Gasteiger partial charge in [-0.25, -0.2) is 0 Å². The van der Waals surface area contributed by atoms with Gasteiger partial charge in [0, 0.05) is 0 Å². The molecule has 0 atom stereocenters. The second kappa shape index (κ2) is 8.96. The summed E-state index contributed by atoms with van der Waals surface area (Å²) in [6.07, 6.45) is 0. The summed E-state index contributed by atoms with van der Waals surface area (Å²) in [4.78, 5) is 3.80. The number of nitrogens with two attached hydrogens (primary N) is 2. The van der Waals surface area contributed by atoms with E-state index in [-0.39, 0.29) is 5.96 Å². The molecule has 0 heterocycles. The lowest BCUT2D eigenvalue weighted by Gasteiger charge is -2.05. The van der Waals surface area contributed by atoms with Crippen LogP contribution in [0, 0.1) is 0 Å². The lowest BCUT2D eigenvalue weighted by molar-refractivity contribution is 0.327. The van der Waals surface area contributed by atoms with Crippen LogP contribution in [0.1, 0.15) is 0 Å². The first-order valence-corrected chi connectivity index (χ1v) is 6.64. The van der Waals surface area contributed by atoms with Gasteiger partial charge in [-0.05, 0) is 24.3 Å². The number of hydrogen-bond acceptors (Lipinski definition) is 5. The molecule has 0 amide bonds. The standard InChI is InChI=1S/C10H15N3O2.H2O4S/c1-14-8-2-4-9(5-3-8)15-7-6-13-10(11)12;1-5(2,3)4/h2-5H,6-7H2,1H3,(H4,11,12,13);(H2,1,2,3,4). The van der Waals surface area contributed by atoms with Crippen molar-refractivity contribution in [3.63, 3.8) is 0 Å². The minimum atomic E-state index is -4.67. The van der Waals surface area contributed by atoms with Crippen LogP contribution >= 0.6 is 0 Å². The molecule has 0 saturated carbocycles. The van der Waals surface area contributed by atoms with E-state index in [9.17, 15) is 0 Å². The third-order valence-corrected chi connectivity index (χ3v) is 1.71. The van der Waals surface area contributed by atoms with Crippen LogP contribution in [0.25, 0.3) is 0 Å². The molecule has 20 heavy (non-hydrogen) atoms. The molecule has 0 unspecified atom stereocenters. The molecular formula is C10H17N3O6S. The van der Waals surface area contributed by atoms with Gasteiger partial charge in [0.15, 0.2) is 5.96 Å². The zero-order valence-corrected chi connectivity index (χ0v) is 11.6. The first kappa shape index (κ1) is 18.0. The molecule has 0 aromatic heterocycles. The Kier molecular flexibility index (Phi) is 8.04. The number of aliphatic imine (C=N–C) groups is 1. The maximum atomic E-state index is 8.74. The van der Waals surface area contributed by atoms with Crippen molar-refractivity contribution in [1.29, 1.82) is 0 Å². The molecule has 0 saturated heterocycles. The van der Waals surface area contributed by atoms with Crippen LogP contribution in [0.5, 0.6) is 11.5 Å². The maximum Gasteiger partial charge on any atom is 0.394 e. The van der Waals surface area contributed by atoms with Gasteiger partial charge >= 0.3 is 10.4 Å². The number of methoxy groups -OCH3 is 1. The Morgan fingerprint density at radius 2 is 1.65 bits per heavy atom. The molecule has 0 fully saturated rings. The highest BCUT2D eigenvalue weighted by molar-refractivity contribution is 7.79. The monoisotopic (exact) mass is 307 g/mol. The summed E-state index contributed by atoms with van der Waals surface area (Å²) >= 11 is 0. The second-order valence-corrected chi connectivity index (χ2v) is 4.17. The topological polar surface area (TPSA) is 157 Å². The Labute approximate surface area is 116 Å². The van der Waals surface area contributed by atoms with E-state index in [1.807, 2.05) is 24.3 Å². The maximum absolute atomic E-state index is 8.74. The van der Waals surface area contributed by atoms with Gasteiger partial charge in [-0.15, -0.1) is 0 Å². The summed E-state index contributed by atoms with van der Waals surface area (Å²) in [5.74, 6) is 1.64. The highest BCUT2D eigenvalue weighted by Crippen LogP contribution is 2.16. The van der Waals surface area contributed by atoms with Crippen molar-refractivity contribution in [2.24, 2.45) is 16.5 Å². The van der Waals surface area contributed by atoms with Gasteiger partial charge < -0.3 is 20.9 Å². The van der Waals surface area contributed by atoms with Crippen LogP contribution in [0.2, 0.25) is 0 Å². The smallest absolute Gasteiger partial charge is 0.394 e. The number of rotatable bonds is 5. The predicted octanol–water partition coefficient (Wildman–Crippen LogP) is -0.305. The van der Waals surface area contributed by atoms with Crippen LogP contribution in [-0.4, -0.2) is 43.7 Å². The molecule has 114 valence electrons. The van der Waals surface area contributed by atoms with Crippen LogP contribution in [0.4, 0.5) is 0 Å². The molecule has 0 aliphatic heterocycles. The van der Waals surface area contributed by atoms with E-state index in [0.717, 1.165) is 11.5 Å². The van der Waals surface area contributed by atoms with Gasteiger partial charge in [0.1, 0.15) is 18.1 Å². The van der Waals surface area contributed by atoms with Crippen molar-refractivity contribution < 1.29 is 27.0 Å². The van der Waals surface area contributed by atoms with Crippen molar-refractivity contribution in [3.05, 3.63) is 24.3 Å². The Balaban J connectivity index is 0.000000621. The number of guanidine groups is 1. The van der Waals surface area contributed by atoms with Crippen molar-refractivity contribution in [1.82, 2.24) is 0 Å². The van der Waals surface area contributed by atoms with Gasteiger partial charge in [0.2, 0.25) is 0 Å². The summed E-state index contributed by atoms with van der Waals surface area (Å²) in [5, 5.41) is 0. The third-order valence-electron chi connectivity index (χ3n) is 1.71. The lowest BCUT2D eigenvalue weighted by Crippen LogP contribution is -2.23. The van der Waals surface area contributed by atoms with Crippen molar-refractivity contribution in [2.75, 3.05) is 20.3 Å². The minimum absolute atomic E-state index is 0.0772. The molecular weight excluding hydrogens is 290 g/mol. The zero-order valence-electron chi connectivity index (χ0n) is 10.8. The molecule has 9 nitrogen and oxygen atoms in total. The average molecular weight is 307 g/mol. The predicted molar refractivity (Wildman–Crippen MR) is 73.3 cm³/mol. The molecule has 0 bridgehead atoms. The Morgan fingerprint density at radius 3 is 2.05 bits per heavy atom. The van der Waals surface area contributed by atoms with Crippen LogP contribution < -0.4 is 20.9 Å². The fraction of sp³-hybridized carbons (Fsp3) is 0.300. The summed E-state index contributed by atoms with van der Waals surface area (Å²) in [6.45, 7) is 0.901. The van der Waals surface area contributed by atoms with Gasteiger partial charge in [-0.3, -0.25) is 14.1 Å². The number of hydrogen-bond donors (Lipinski definition) is 4. The van der Waals surface area contributed by atoms with E-state index in [0.29, 0.717) is 13.2 Å². The first-order valence-electron chi connectivity index (χ1n) is 5.24. The van der Waals surface area contributed by atoms with E-state index < -0.39 is 10.4 Å². The van der Waals surface area contributed by atoms with Crippen LogP contribution in [0.15, 0.2) is 29.3 Å². The molecule has 0 aliphatic carbocycles. The summed E-state index contributed by atoms with van der Waals surface area (Å²) in [7, 11) is -3.05. The highest BCUT2D eigenvalue weighted by Gasteiger charge is 1.94. The van der Waals surface area contributed by atoms with E-state index in [2.05, 4.69) is 4.99 Å². The summed E-state index contributed by atoms with van der Waals surface area (Å²) in [6, 6.07) is 7.31. The summed E-state index contributed by atoms with van der Waals surface area (Å²) < 4.78 is 42.0. The van der Waals surface area contributed by atoms with Crippen molar-refractivity contribution >= 4 is 16.4 Å². The average Bonchev–Trinajstić information content (AvgIpc) is 2.33. The molecule has 1 rings (SSSR count). The largest absolute Gasteiger partial charge is 0.497 e. The SMILES string of the molecule is COc1ccc(OCCN=C(N)N)cc1.O=S(=O)(O)O. The number of ether oxygens (including phenoxy) is 2. The fourth-order valence-corrected chi connectivity index (χ4v) is 1.01. The van der Waals surface area contributed by atoms with E-state index in [1.165, 1.54) is 0 Å². The Morgan fingerprint density at radius 1 is 1.20 bits per heavy atom. The molecule has 1 aromatic carbocycles. The Hall–Kier alpha value is -2.04. The van der Waals surface area contributed by atoms with E-state index in [4.69, 9.17) is 38.5 Å². The third kappa shape index (κ3) is 12.4. The molecule has 10 heteroatoms. The molecule has 6 N–H and O–H groups in total. The number of benzene rings is 1. The van der Waals surface area contributed by atoms with Crippen molar-refractivity contribution in [3.8, 4) is 11.5 Å². The summed E-state index contributed by atoms with van der Waals surface area (Å²) in [5.41, 5.74) is 10.3. The minimum Gasteiger partial charge on any atom is -0.497 e. The fourth-order valence-electron chi connectivity index (χ4n) is 1.01. The van der Waals surface area contributed by atoms with Gasteiger partial charge in [0.05, 0.1) is 13.7 Å². The molecule has 0 spiro atoms. The van der Waals surface area contributed by atoms with Crippen LogP contribution in [0.3, 0.4) is 0 Å². The zero-order chi connectivity index (χ0) is 15.6. The van der Waals surface area contributed by atoms with Crippen molar-refractivity contribution in [2.45, 2.75) is 0 Å². The van der Waals surface area contributed by atoms with E-state index >= 15 is 0 Å². The number of nitrogens with zero attached hydrogens (tertiary/aromatic N) is 1. The first-order chi connectivity index (χ1) is 9.22. The molecule has 0 radical (unpaired) electrons. The highest BCUT2D eigenvalue weighted by atomic mass is 32.3. The second-order valence-electron chi connectivity index (χ2n) is 3.28. The molecule has 1 aromatic rings. The lowest BCUT2D eigenvalue weighted by atomic mass is 10.3. The van der Waals surface area contributed by atoms with E-state index in [1.54, 1.807) is 7.11 Å².